The summed E-state index contributed by atoms with van der Waals surface area (Å²) in [6.45, 7) is 4.03. The van der Waals surface area contributed by atoms with E-state index in [1.807, 2.05) is 21.9 Å². The fourth-order valence-corrected chi connectivity index (χ4v) is 4.37. The third-order valence-electron chi connectivity index (χ3n) is 5.59. The summed E-state index contributed by atoms with van der Waals surface area (Å²) in [6.07, 6.45) is 2.40. The molecule has 5 nitrogen and oxygen atoms in total. The Balaban J connectivity index is 1.46. The predicted molar refractivity (Wildman–Crippen MR) is 84.6 cm³/mol. The monoisotopic (exact) mass is 314 g/mol. The molecule has 1 aromatic rings. The molecule has 23 heavy (non-hydrogen) atoms. The SMILES string of the molecule is Cc1ccccc1CCC(=O)N1CC[C@@]23OCCN2C(=O)C[C@@H]13. The highest BCUT2D eigenvalue weighted by molar-refractivity contribution is 5.84. The van der Waals surface area contributed by atoms with Crippen molar-refractivity contribution in [2.75, 3.05) is 19.7 Å². The average Bonchev–Trinajstić information content (AvgIpc) is 3.18. The van der Waals surface area contributed by atoms with Crippen molar-refractivity contribution in [3.8, 4) is 0 Å². The second-order valence-electron chi connectivity index (χ2n) is 6.72. The van der Waals surface area contributed by atoms with Crippen molar-refractivity contribution < 1.29 is 14.3 Å². The maximum Gasteiger partial charge on any atom is 0.227 e. The number of nitrogens with zero attached hydrogens (tertiary/aromatic N) is 2. The Morgan fingerprint density at radius 2 is 2.17 bits per heavy atom. The van der Waals surface area contributed by atoms with E-state index >= 15 is 0 Å². The summed E-state index contributed by atoms with van der Waals surface area (Å²) in [5.41, 5.74) is 1.92. The van der Waals surface area contributed by atoms with Gasteiger partial charge in [0.05, 0.1) is 19.1 Å². The highest BCUT2D eigenvalue weighted by Gasteiger charge is 2.62. The van der Waals surface area contributed by atoms with Crippen molar-refractivity contribution in [2.24, 2.45) is 0 Å². The van der Waals surface area contributed by atoms with Crippen LogP contribution in [0.5, 0.6) is 0 Å². The van der Waals surface area contributed by atoms with E-state index in [1.54, 1.807) is 0 Å². The molecule has 0 radical (unpaired) electrons. The molecule has 3 aliphatic heterocycles. The molecule has 3 fully saturated rings. The summed E-state index contributed by atoms with van der Waals surface area (Å²) < 4.78 is 5.93. The van der Waals surface area contributed by atoms with Crippen molar-refractivity contribution in [1.29, 1.82) is 0 Å². The third kappa shape index (κ3) is 2.17. The van der Waals surface area contributed by atoms with Crippen LogP contribution in [-0.4, -0.2) is 53.1 Å². The van der Waals surface area contributed by atoms with Gasteiger partial charge in [-0.15, -0.1) is 0 Å². The first kappa shape index (κ1) is 14.7. The average molecular weight is 314 g/mol. The summed E-state index contributed by atoms with van der Waals surface area (Å²) in [7, 11) is 0. The van der Waals surface area contributed by atoms with Gasteiger partial charge in [-0.3, -0.25) is 9.59 Å². The summed E-state index contributed by atoms with van der Waals surface area (Å²) >= 11 is 0. The van der Waals surface area contributed by atoms with Crippen LogP contribution in [0.3, 0.4) is 0 Å². The molecule has 122 valence electrons. The van der Waals surface area contributed by atoms with Crippen molar-refractivity contribution in [1.82, 2.24) is 9.80 Å². The van der Waals surface area contributed by atoms with Gasteiger partial charge in [-0.05, 0) is 24.5 Å². The molecule has 1 spiro atoms. The van der Waals surface area contributed by atoms with E-state index in [1.165, 1.54) is 11.1 Å². The molecular formula is C18H22N2O3. The fraction of sp³-hybridized carbons (Fsp3) is 0.556. The molecule has 1 aromatic carbocycles. The van der Waals surface area contributed by atoms with Crippen LogP contribution >= 0.6 is 0 Å². The number of carbonyl (C=O) groups is 2. The first-order valence-corrected chi connectivity index (χ1v) is 8.40. The van der Waals surface area contributed by atoms with E-state index in [0.717, 1.165) is 12.8 Å². The zero-order valence-corrected chi connectivity index (χ0v) is 13.5. The van der Waals surface area contributed by atoms with E-state index < -0.39 is 5.72 Å². The van der Waals surface area contributed by atoms with Gasteiger partial charge in [0.25, 0.3) is 0 Å². The summed E-state index contributed by atoms with van der Waals surface area (Å²) in [5.74, 6) is 0.268. The van der Waals surface area contributed by atoms with Gasteiger partial charge >= 0.3 is 0 Å². The van der Waals surface area contributed by atoms with Crippen molar-refractivity contribution in [3.63, 3.8) is 0 Å². The number of hydrogen-bond acceptors (Lipinski definition) is 3. The maximum atomic E-state index is 12.7. The number of aryl methyl sites for hydroxylation is 2. The first-order chi connectivity index (χ1) is 11.1. The molecule has 4 rings (SSSR count). The number of amides is 2. The Morgan fingerprint density at radius 3 is 3.00 bits per heavy atom. The predicted octanol–water partition coefficient (Wildman–Crippen LogP) is 1.49. The van der Waals surface area contributed by atoms with Crippen LogP contribution in [0, 0.1) is 6.92 Å². The standard InChI is InChI=1S/C18H22N2O3/c1-13-4-2-3-5-14(13)6-7-16(21)19-9-8-18-15(19)12-17(22)20(18)10-11-23-18/h2-5,15H,6-12H2,1H3/t15-,18+/m1/s1. The van der Waals surface area contributed by atoms with E-state index in [2.05, 4.69) is 19.1 Å². The lowest BCUT2D eigenvalue weighted by Gasteiger charge is -2.31. The molecule has 3 heterocycles. The van der Waals surface area contributed by atoms with Crippen LogP contribution in [0.25, 0.3) is 0 Å². The van der Waals surface area contributed by atoms with E-state index in [-0.39, 0.29) is 17.9 Å². The summed E-state index contributed by atoms with van der Waals surface area (Å²) in [6, 6.07) is 8.08. The van der Waals surface area contributed by atoms with E-state index in [0.29, 0.717) is 32.5 Å². The Kier molecular flexibility index (Phi) is 3.41. The molecule has 2 amide bonds. The van der Waals surface area contributed by atoms with Crippen LogP contribution in [0.15, 0.2) is 24.3 Å². The molecule has 0 unspecified atom stereocenters. The molecule has 3 saturated heterocycles. The molecular weight excluding hydrogens is 292 g/mol. The lowest BCUT2D eigenvalue weighted by Crippen LogP contribution is -2.48. The fourth-order valence-electron chi connectivity index (χ4n) is 4.37. The zero-order valence-electron chi connectivity index (χ0n) is 13.5. The Bertz CT molecular complexity index is 659. The van der Waals surface area contributed by atoms with Gasteiger partial charge in [-0.2, -0.15) is 0 Å². The topological polar surface area (TPSA) is 49.9 Å². The minimum atomic E-state index is -0.518. The van der Waals surface area contributed by atoms with E-state index in [9.17, 15) is 9.59 Å². The molecule has 0 aliphatic carbocycles. The van der Waals surface area contributed by atoms with Crippen molar-refractivity contribution in [3.05, 3.63) is 35.4 Å². The second kappa shape index (κ2) is 5.34. The van der Waals surface area contributed by atoms with E-state index in [4.69, 9.17) is 4.74 Å². The van der Waals surface area contributed by atoms with Crippen molar-refractivity contribution in [2.45, 2.75) is 44.4 Å². The zero-order chi connectivity index (χ0) is 16.0. The van der Waals surface area contributed by atoms with Gasteiger partial charge in [0.1, 0.15) is 0 Å². The molecule has 5 heteroatoms. The number of likely N-dealkylation sites (tertiary alicyclic amines) is 1. The first-order valence-electron chi connectivity index (χ1n) is 8.40. The largest absolute Gasteiger partial charge is 0.351 e. The Labute approximate surface area is 136 Å². The highest BCUT2D eigenvalue weighted by Crippen LogP contribution is 2.45. The number of benzene rings is 1. The van der Waals surface area contributed by atoms with Gasteiger partial charge in [-0.25, -0.2) is 0 Å². The van der Waals surface area contributed by atoms with Crippen molar-refractivity contribution >= 4 is 11.8 Å². The number of hydrogen-bond donors (Lipinski definition) is 0. The normalized spacial score (nSPS) is 29.1. The summed E-state index contributed by atoms with van der Waals surface area (Å²) in [4.78, 5) is 28.6. The second-order valence-corrected chi connectivity index (χ2v) is 6.72. The van der Waals surface area contributed by atoms with Crippen LogP contribution in [0.4, 0.5) is 0 Å². The minimum Gasteiger partial charge on any atom is -0.351 e. The number of ether oxygens (including phenoxy) is 1. The highest BCUT2D eigenvalue weighted by atomic mass is 16.5. The Morgan fingerprint density at radius 1 is 1.35 bits per heavy atom. The molecule has 0 saturated carbocycles. The number of rotatable bonds is 3. The summed E-state index contributed by atoms with van der Waals surface area (Å²) in [5, 5.41) is 0. The van der Waals surface area contributed by atoms with Gasteiger partial charge in [-0.1, -0.05) is 24.3 Å². The molecule has 0 aromatic heterocycles. The minimum absolute atomic E-state index is 0.0955. The number of carbonyl (C=O) groups excluding carboxylic acids is 2. The Hall–Kier alpha value is -1.88. The van der Waals surface area contributed by atoms with Crippen LogP contribution in [-0.2, 0) is 20.7 Å². The third-order valence-corrected chi connectivity index (χ3v) is 5.59. The lowest BCUT2D eigenvalue weighted by atomic mass is 10.0. The van der Waals surface area contributed by atoms with Crippen LogP contribution in [0.1, 0.15) is 30.4 Å². The van der Waals surface area contributed by atoms with Gasteiger partial charge in [0.2, 0.25) is 11.8 Å². The van der Waals surface area contributed by atoms with Crippen LogP contribution < -0.4 is 0 Å². The van der Waals surface area contributed by atoms with Gasteiger partial charge in [0.15, 0.2) is 5.72 Å². The molecule has 0 bridgehead atoms. The lowest BCUT2D eigenvalue weighted by molar-refractivity contribution is -0.139. The molecule has 2 atom stereocenters. The van der Waals surface area contributed by atoms with Crippen LogP contribution in [0.2, 0.25) is 0 Å². The van der Waals surface area contributed by atoms with Gasteiger partial charge in [0, 0.05) is 25.9 Å². The quantitative estimate of drug-likeness (QED) is 0.849. The molecule has 0 N–H and O–H groups in total. The van der Waals surface area contributed by atoms with Gasteiger partial charge < -0.3 is 14.5 Å². The molecule has 3 aliphatic rings. The maximum absolute atomic E-state index is 12.7. The smallest absolute Gasteiger partial charge is 0.227 e.